The van der Waals surface area contributed by atoms with Gasteiger partial charge in [-0.1, -0.05) is 20.8 Å². The van der Waals surface area contributed by atoms with E-state index in [-0.39, 0.29) is 12.0 Å². The van der Waals surface area contributed by atoms with Gasteiger partial charge in [0.15, 0.2) is 0 Å². The molecular weight excluding hydrogens is 302 g/mol. The first kappa shape index (κ1) is 17.8. The molecule has 1 amide bonds. The van der Waals surface area contributed by atoms with Crippen molar-refractivity contribution in [3.05, 3.63) is 42.6 Å². The van der Waals surface area contributed by atoms with Gasteiger partial charge in [0.2, 0.25) is 5.91 Å². The van der Waals surface area contributed by atoms with Gasteiger partial charge in [0, 0.05) is 11.1 Å². The monoisotopic (exact) mass is 327 g/mol. The van der Waals surface area contributed by atoms with E-state index in [1.54, 1.807) is 6.20 Å². The number of aromatic nitrogens is 1. The van der Waals surface area contributed by atoms with Crippen LogP contribution in [-0.2, 0) is 4.79 Å². The van der Waals surface area contributed by atoms with Crippen LogP contribution in [-0.4, -0.2) is 17.0 Å². The molecule has 0 atom stereocenters. The highest BCUT2D eigenvalue weighted by Gasteiger charge is 2.21. The summed E-state index contributed by atoms with van der Waals surface area (Å²) in [5.41, 5.74) is 1.17. The first-order valence-corrected chi connectivity index (χ1v) is 8.05. The Bertz CT molecular complexity index is 671. The molecule has 0 aliphatic rings. The predicted molar refractivity (Wildman–Crippen MR) is 97.8 cm³/mol. The molecule has 24 heavy (non-hydrogen) atoms. The first-order chi connectivity index (χ1) is 11.2. The largest absolute Gasteiger partial charge is 0.491 e. The van der Waals surface area contributed by atoms with Crippen molar-refractivity contribution in [3.8, 4) is 5.75 Å². The molecule has 0 aliphatic carbocycles. The van der Waals surface area contributed by atoms with Gasteiger partial charge in [-0.2, -0.15) is 0 Å². The number of carbonyl (C=O) groups is 1. The van der Waals surface area contributed by atoms with E-state index >= 15 is 0 Å². The fourth-order valence-corrected chi connectivity index (χ4v) is 1.90. The molecule has 1 aromatic heterocycles. The minimum absolute atomic E-state index is 0.0363. The average Bonchev–Trinajstić information content (AvgIpc) is 2.50. The number of carbonyl (C=O) groups excluding carboxylic acids is 1. The lowest BCUT2D eigenvalue weighted by atomic mass is 9.96. The molecule has 128 valence electrons. The van der Waals surface area contributed by atoms with E-state index in [1.165, 1.54) is 0 Å². The smallest absolute Gasteiger partial charge is 0.229 e. The summed E-state index contributed by atoms with van der Waals surface area (Å²) >= 11 is 0. The van der Waals surface area contributed by atoms with Crippen molar-refractivity contribution in [2.45, 2.75) is 40.7 Å². The van der Waals surface area contributed by atoms with Crippen LogP contribution in [0.5, 0.6) is 5.75 Å². The van der Waals surface area contributed by atoms with Crippen molar-refractivity contribution in [2.24, 2.45) is 5.41 Å². The SMILES string of the molecule is CC(C)Oc1ccc(Nc2ccc(NC(=O)C(C)(C)C)cn2)cc1. The fourth-order valence-electron chi connectivity index (χ4n) is 1.90. The van der Waals surface area contributed by atoms with E-state index in [2.05, 4.69) is 15.6 Å². The van der Waals surface area contributed by atoms with Crippen molar-refractivity contribution in [3.63, 3.8) is 0 Å². The number of anilines is 3. The standard InChI is InChI=1S/C19H25N3O2/c1-13(2)24-16-9-6-14(7-10-16)21-17-11-8-15(12-20-17)22-18(23)19(3,4)5/h6-13H,1-5H3,(H,20,21)(H,22,23). The Hall–Kier alpha value is -2.56. The molecule has 1 aromatic carbocycles. The Morgan fingerprint density at radius 1 is 1.04 bits per heavy atom. The second-order valence-electron chi connectivity index (χ2n) is 6.95. The molecule has 0 fully saturated rings. The maximum atomic E-state index is 12.0. The van der Waals surface area contributed by atoms with Crippen LogP contribution in [0.2, 0.25) is 0 Å². The summed E-state index contributed by atoms with van der Waals surface area (Å²) in [5.74, 6) is 1.51. The summed E-state index contributed by atoms with van der Waals surface area (Å²) in [6.07, 6.45) is 1.80. The van der Waals surface area contributed by atoms with Crippen LogP contribution in [0.1, 0.15) is 34.6 Å². The molecule has 0 saturated heterocycles. The quantitative estimate of drug-likeness (QED) is 0.842. The highest BCUT2D eigenvalue weighted by Crippen LogP contribution is 2.21. The van der Waals surface area contributed by atoms with Gasteiger partial charge < -0.3 is 15.4 Å². The lowest BCUT2D eigenvalue weighted by Crippen LogP contribution is -2.27. The molecule has 5 heteroatoms. The summed E-state index contributed by atoms with van der Waals surface area (Å²) < 4.78 is 5.62. The van der Waals surface area contributed by atoms with Gasteiger partial charge in [-0.15, -0.1) is 0 Å². The zero-order chi connectivity index (χ0) is 17.7. The molecule has 2 aromatic rings. The number of ether oxygens (including phenoxy) is 1. The van der Waals surface area contributed by atoms with Crippen molar-refractivity contribution in [1.82, 2.24) is 4.98 Å². The third kappa shape index (κ3) is 5.26. The third-order valence-electron chi connectivity index (χ3n) is 3.20. The van der Waals surface area contributed by atoms with Gasteiger partial charge in [0.1, 0.15) is 11.6 Å². The molecule has 0 radical (unpaired) electrons. The average molecular weight is 327 g/mol. The summed E-state index contributed by atoms with van der Waals surface area (Å²) in [4.78, 5) is 16.3. The van der Waals surface area contributed by atoms with E-state index in [0.29, 0.717) is 11.5 Å². The molecule has 0 spiro atoms. The van der Waals surface area contributed by atoms with Crippen molar-refractivity contribution < 1.29 is 9.53 Å². The van der Waals surface area contributed by atoms with Crippen LogP contribution in [0, 0.1) is 5.41 Å². The Morgan fingerprint density at radius 3 is 2.17 bits per heavy atom. The van der Waals surface area contributed by atoms with Crippen molar-refractivity contribution in [2.75, 3.05) is 10.6 Å². The lowest BCUT2D eigenvalue weighted by Gasteiger charge is -2.17. The number of benzene rings is 1. The van der Waals surface area contributed by atoms with Crippen LogP contribution >= 0.6 is 0 Å². The van der Waals surface area contributed by atoms with E-state index in [9.17, 15) is 4.79 Å². The summed E-state index contributed by atoms with van der Waals surface area (Å²) in [6, 6.07) is 11.4. The van der Waals surface area contributed by atoms with Crippen LogP contribution in [0.4, 0.5) is 17.2 Å². The number of nitrogens with one attached hydrogen (secondary N) is 2. The molecule has 0 aliphatic heterocycles. The highest BCUT2D eigenvalue weighted by molar-refractivity contribution is 5.94. The fraction of sp³-hybridized carbons (Fsp3) is 0.368. The van der Waals surface area contributed by atoms with Crippen molar-refractivity contribution in [1.29, 1.82) is 0 Å². The predicted octanol–water partition coefficient (Wildman–Crippen LogP) is 4.60. The highest BCUT2D eigenvalue weighted by atomic mass is 16.5. The van der Waals surface area contributed by atoms with Gasteiger partial charge in [0.05, 0.1) is 18.0 Å². The van der Waals surface area contributed by atoms with Gasteiger partial charge in [-0.3, -0.25) is 4.79 Å². The zero-order valence-electron chi connectivity index (χ0n) is 14.9. The van der Waals surface area contributed by atoms with E-state index in [1.807, 2.05) is 71.0 Å². The summed E-state index contributed by atoms with van der Waals surface area (Å²) in [6.45, 7) is 9.61. The van der Waals surface area contributed by atoms with Gasteiger partial charge in [0.25, 0.3) is 0 Å². The number of nitrogens with zero attached hydrogens (tertiary/aromatic N) is 1. The van der Waals surface area contributed by atoms with Gasteiger partial charge >= 0.3 is 0 Å². The lowest BCUT2D eigenvalue weighted by molar-refractivity contribution is -0.123. The maximum Gasteiger partial charge on any atom is 0.229 e. The maximum absolute atomic E-state index is 12.0. The molecule has 5 nitrogen and oxygen atoms in total. The molecule has 0 bridgehead atoms. The van der Waals surface area contributed by atoms with E-state index < -0.39 is 5.41 Å². The summed E-state index contributed by atoms with van der Waals surface area (Å²) in [5, 5.41) is 6.07. The number of pyridine rings is 1. The number of hydrogen-bond donors (Lipinski definition) is 2. The Morgan fingerprint density at radius 2 is 1.67 bits per heavy atom. The zero-order valence-corrected chi connectivity index (χ0v) is 14.9. The third-order valence-corrected chi connectivity index (χ3v) is 3.20. The Kier molecular flexibility index (Phi) is 5.44. The van der Waals surface area contributed by atoms with Crippen LogP contribution in [0.3, 0.4) is 0 Å². The minimum Gasteiger partial charge on any atom is -0.491 e. The molecule has 0 unspecified atom stereocenters. The molecule has 2 N–H and O–H groups in total. The molecular formula is C19H25N3O2. The van der Waals surface area contributed by atoms with Crippen LogP contribution in [0.25, 0.3) is 0 Å². The van der Waals surface area contributed by atoms with E-state index in [4.69, 9.17) is 4.74 Å². The Labute approximate surface area is 143 Å². The molecule has 1 heterocycles. The van der Waals surface area contributed by atoms with Crippen LogP contribution < -0.4 is 15.4 Å². The number of rotatable bonds is 5. The summed E-state index contributed by atoms with van der Waals surface area (Å²) in [7, 11) is 0. The van der Waals surface area contributed by atoms with Crippen LogP contribution in [0.15, 0.2) is 42.6 Å². The molecule has 0 saturated carbocycles. The second-order valence-corrected chi connectivity index (χ2v) is 6.95. The van der Waals surface area contributed by atoms with Gasteiger partial charge in [-0.05, 0) is 50.2 Å². The minimum atomic E-state index is -0.434. The number of amides is 1. The second kappa shape index (κ2) is 7.34. The Balaban J connectivity index is 1.97. The topological polar surface area (TPSA) is 63.2 Å². The van der Waals surface area contributed by atoms with E-state index in [0.717, 1.165) is 11.4 Å². The number of hydrogen-bond acceptors (Lipinski definition) is 4. The normalized spacial score (nSPS) is 11.2. The van der Waals surface area contributed by atoms with Crippen molar-refractivity contribution >= 4 is 23.1 Å². The van der Waals surface area contributed by atoms with Gasteiger partial charge in [-0.25, -0.2) is 4.98 Å². The molecule has 2 rings (SSSR count). The first-order valence-electron chi connectivity index (χ1n) is 8.05.